The lowest BCUT2D eigenvalue weighted by molar-refractivity contribution is -0.109. The van der Waals surface area contributed by atoms with Gasteiger partial charge in [0.15, 0.2) is 0 Å². The van der Waals surface area contributed by atoms with Gasteiger partial charge in [0.2, 0.25) is 5.78 Å². The number of carbonyl (C=O) groups is 1. The first kappa shape index (κ1) is 17.8. The van der Waals surface area contributed by atoms with Gasteiger partial charge in [0.1, 0.15) is 23.8 Å². The zero-order valence-electron chi connectivity index (χ0n) is 15.8. The molecular weight excluding hydrogens is 358 g/mol. The molecule has 0 bridgehead atoms. The third kappa shape index (κ3) is 3.62. The molecule has 2 aliphatic rings. The van der Waals surface area contributed by atoms with E-state index in [2.05, 4.69) is 15.5 Å². The van der Waals surface area contributed by atoms with Gasteiger partial charge < -0.3 is 14.8 Å². The van der Waals surface area contributed by atoms with Crippen LogP contribution in [-0.2, 0) is 16.6 Å². The van der Waals surface area contributed by atoms with Crippen molar-refractivity contribution in [1.29, 1.82) is 0 Å². The number of methoxy groups -OCH3 is 1. The lowest BCUT2D eigenvalue weighted by Crippen LogP contribution is -2.24. The van der Waals surface area contributed by atoms with Gasteiger partial charge in [-0.15, -0.1) is 0 Å². The maximum Gasteiger partial charge on any atom is 0.205 e. The van der Waals surface area contributed by atoms with Gasteiger partial charge in [-0.3, -0.25) is 14.5 Å². The fourth-order valence-electron chi connectivity index (χ4n) is 3.08. The predicted octanol–water partition coefficient (Wildman–Crippen LogP) is 2.21. The van der Waals surface area contributed by atoms with Crippen LogP contribution in [0.25, 0.3) is 5.76 Å². The Morgan fingerprint density at radius 2 is 2.21 bits per heavy atom. The summed E-state index contributed by atoms with van der Waals surface area (Å²) in [4.78, 5) is 12.4. The molecule has 4 rings (SSSR count). The Balaban J connectivity index is 1.53. The molecule has 8 nitrogen and oxygen atoms in total. The standard InChI is InChI=1S/C20H21N5O3/c1-24-12-14(11-22-24)25-9-3-4-19(26)18(23-25)13-28-15-5-6-17-16(10-15)20(27-2)7-8-21-17/h3-7,10-12,21H,8-9,13H2,1-2H3. The number of ether oxygens (including phenoxy) is 2. The summed E-state index contributed by atoms with van der Waals surface area (Å²) < 4.78 is 13.0. The minimum absolute atomic E-state index is 0.0676. The molecule has 0 saturated heterocycles. The molecule has 8 heteroatoms. The number of nitrogens with one attached hydrogen (secondary N) is 1. The SMILES string of the molecule is COC1=CCNc2ccc(OCC3=NN(c4cnn(C)c4)CC=CC3=O)cc21. The highest BCUT2D eigenvalue weighted by Crippen LogP contribution is 2.31. The molecular formula is C20H21N5O3. The van der Waals surface area contributed by atoms with Crippen molar-refractivity contribution in [2.75, 3.05) is 37.1 Å². The molecule has 1 aromatic heterocycles. The number of hydrogen-bond donors (Lipinski definition) is 1. The minimum Gasteiger partial charge on any atom is -0.496 e. The van der Waals surface area contributed by atoms with Crippen LogP contribution in [0.15, 0.2) is 53.9 Å². The maximum atomic E-state index is 12.4. The Bertz CT molecular complexity index is 989. The van der Waals surface area contributed by atoms with Crippen molar-refractivity contribution in [2.24, 2.45) is 12.1 Å². The van der Waals surface area contributed by atoms with Crippen molar-refractivity contribution in [3.8, 4) is 5.75 Å². The summed E-state index contributed by atoms with van der Waals surface area (Å²) in [6, 6.07) is 5.70. The summed E-state index contributed by atoms with van der Waals surface area (Å²) in [5, 5.41) is 13.7. The highest BCUT2D eigenvalue weighted by atomic mass is 16.5. The van der Waals surface area contributed by atoms with Crippen LogP contribution in [0, 0.1) is 0 Å². The molecule has 2 aliphatic heterocycles. The number of benzene rings is 1. The molecule has 0 aliphatic carbocycles. The second-order valence-corrected chi connectivity index (χ2v) is 6.42. The molecule has 3 heterocycles. The number of aromatic nitrogens is 2. The van der Waals surface area contributed by atoms with Gasteiger partial charge in [-0.1, -0.05) is 6.08 Å². The molecule has 28 heavy (non-hydrogen) atoms. The number of anilines is 2. The number of hydrazone groups is 1. The third-order valence-corrected chi connectivity index (χ3v) is 4.49. The molecule has 2 aromatic rings. The Morgan fingerprint density at radius 3 is 3.00 bits per heavy atom. The van der Waals surface area contributed by atoms with Crippen LogP contribution >= 0.6 is 0 Å². The molecule has 0 radical (unpaired) electrons. The van der Waals surface area contributed by atoms with Gasteiger partial charge >= 0.3 is 0 Å². The molecule has 0 saturated carbocycles. The van der Waals surface area contributed by atoms with E-state index in [9.17, 15) is 4.79 Å². The molecule has 0 fully saturated rings. The number of fused-ring (bicyclic) bond motifs is 1. The predicted molar refractivity (Wildman–Crippen MR) is 108 cm³/mol. The molecule has 0 amide bonds. The molecule has 0 atom stereocenters. The summed E-state index contributed by atoms with van der Waals surface area (Å²) in [7, 11) is 3.48. The van der Waals surface area contributed by atoms with Gasteiger partial charge in [-0.25, -0.2) is 0 Å². The van der Waals surface area contributed by atoms with E-state index < -0.39 is 0 Å². The average molecular weight is 379 g/mol. The largest absolute Gasteiger partial charge is 0.496 e. The van der Waals surface area contributed by atoms with Crippen LogP contribution in [0.5, 0.6) is 5.75 Å². The van der Waals surface area contributed by atoms with Crippen LogP contribution < -0.4 is 15.1 Å². The van der Waals surface area contributed by atoms with E-state index in [1.807, 2.05) is 37.5 Å². The summed E-state index contributed by atoms with van der Waals surface area (Å²) in [6.07, 6.45) is 8.84. The fraction of sp³-hybridized carbons (Fsp3) is 0.250. The topological polar surface area (TPSA) is 81.0 Å². The third-order valence-electron chi connectivity index (χ3n) is 4.49. The van der Waals surface area contributed by atoms with E-state index in [1.54, 1.807) is 29.1 Å². The molecule has 0 spiro atoms. The summed E-state index contributed by atoms with van der Waals surface area (Å²) in [5.41, 5.74) is 3.06. The Kier molecular flexibility index (Phi) is 4.84. The Hall–Kier alpha value is -3.55. The number of nitrogens with zero attached hydrogens (tertiary/aromatic N) is 4. The number of rotatable bonds is 5. The van der Waals surface area contributed by atoms with Gasteiger partial charge in [0, 0.05) is 31.0 Å². The highest BCUT2D eigenvalue weighted by Gasteiger charge is 2.18. The molecule has 1 N–H and O–H groups in total. The Labute approximate surface area is 162 Å². The van der Waals surface area contributed by atoms with E-state index in [-0.39, 0.29) is 12.4 Å². The number of allylic oxidation sites excluding steroid dienone is 1. The second-order valence-electron chi connectivity index (χ2n) is 6.42. The van der Waals surface area contributed by atoms with E-state index in [0.717, 1.165) is 29.2 Å². The van der Waals surface area contributed by atoms with Crippen LogP contribution in [0.3, 0.4) is 0 Å². The maximum absolute atomic E-state index is 12.4. The molecule has 1 aromatic carbocycles. The van der Waals surface area contributed by atoms with Crippen molar-refractivity contribution in [3.63, 3.8) is 0 Å². The molecule has 0 unspecified atom stereocenters. The zero-order valence-corrected chi connectivity index (χ0v) is 15.8. The second kappa shape index (κ2) is 7.59. The fourth-order valence-corrected chi connectivity index (χ4v) is 3.08. The van der Waals surface area contributed by atoms with Crippen molar-refractivity contribution >= 4 is 28.6 Å². The van der Waals surface area contributed by atoms with Gasteiger partial charge in [-0.2, -0.15) is 10.2 Å². The average Bonchev–Trinajstić information content (AvgIpc) is 3.06. The Morgan fingerprint density at radius 1 is 1.32 bits per heavy atom. The number of ketones is 1. The van der Waals surface area contributed by atoms with E-state index in [1.165, 1.54) is 6.08 Å². The van der Waals surface area contributed by atoms with Crippen LogP contribution in [0.4, 0.5) is 11.4 Å². The lowest BCUT2D eigenvalue weighted by atomic mass is 10.1. The number of aryl methyl sites for hydroxylation is 1. The number of carbonyl (C=O) groups excluding carboxylic acids is 1. The van der Waals surface area contributed by atoms with Crippen LogP contribution in [-0.4, -0.2) is 48.1 Å². The van der Waals surface area contributed by atoms with Crippen LogP contribution in [0.1, 0.15) is 5.56 Å². The zero-order chi connectivity index (χ0) is 19.5. The first-order valence-electron chi connectivity index (χ1n) is 8.94. The normalized spacial score (nSPS) is 15.9. The van der Waals surface area contributed by atoms with Crippen molar-refractivity contribution in [3.05, 3.63) is 54.4 Å². The van der Waals surface area contributed by atoms with Crippen LogP contribution in [0.2, 0.25) is 0 Å². The van der Waals surface area contributed by atoms with Gasteiger partial charge in [0.25, 0.3) is 0 Å². The summed E-state index contributed by atoms with van der Waals surface area (Å²) >= 11 is 0. The number of hydrogen-bond acceptors (Lipinski definition) is 7. The quantitative estimate of drug-likeness (QED) is 0.858. The van der Waals surface area contributed by atoms with Crippen molar-refractivity contribution < 1.29 is 14.3 Å². The summed E-state index contributed by atoms with van der Waals surface area (Å²) in [5.74, 6) is 1.28. The van der Waals surface area contributed by atoms with Crippen molar-refractivity contribution in [2.45, 2.75) is 0 Å². The van der Waals surface area contributed by atoms with Gasteiger partial charge in [-0.05, 0) is 30.4 Å². The van der Waals surface area contributed by atoms with E-state index in [0.29, 0.717) is 18.0 Å². The first-order chi connectivity index (χ1) is 13.6. The lowest BCUT2D eigenvalue weighted by Gasteiger charge is -2.19. The minimum atomic E-state index is -0.163. The smallest absolute Gasteiger partial charge is 0.205 e. The van der Waals surface area contributed by atoms with E-state index >= 15 is 0 Å². The highest BCUT2D eigenvalue weighted by molar-refractivity contribution is 6.44. The van der Waals surface area contributed by atoms with Gasteiger partial charge in [0.05, 0.1) is 25.5 Å². The molecule has 144 valence electrons. The van der Waals surface area contributed by atoms with Crippen molar-refractivity contribution in [1.82, 2.24) is 9.78 Å². The monoisotopic (exact) mass is 379 g/mol. The summed E-state index contributed by atoms with van der Waals surface area (Å²) in [6.45, 7) is 1.28. The van der Waals surface area contributed by atoms with E-state index in [4.69, 9.17) is 9.47 Å². The first-order valence-corrected chi connectivity index (χ1v) is 8.94.